The molecule has 0 radical (unpaired) electrons. The highest BCUT2D eigenvalue weighted by molar-refractivity contribution is 9.10. The number of hydrogen-bond acceptors (Lipinski definition) is 2. The Labute approximate surface area is 108 Å². The molecule has 1 N–H and O–H groups in total. The fraction of sp³-hybridized carbons (Fsp3) is 0.273. The molecule has 1 aromatic heterocycles. The fourth-order valence-corrected chi connectivity index (χ4v) is 2.34. The van der Waals surface area contributed by atoms with Crippen molar-refractivity contribution in [2.45, 2.75) is 20.4 Å². The number of halogens is 1. The number of aromatic nitrogens is 3. The average Bonchev–Trinajstić information content (AvgIpc) is 2.63. The Bertz CT molecular complexity index is 571. The maximum Gasteiger partial charge on any atom is 0.195 e. The minimum Gasteiger partial charge on any atom is -0.300 e. The van der Waals surface area contributed by atoms with Gasteiger partial charge in [0.15, 0.2) is 10.6 Å². The summed E-state index contributed by atoms with van der Waals surface area (Å²) in [6, 6.07) is 6.12. The Kier molecular flexibility index (Phi) is 3.25. The second kappa shape index (κ2) is 4.51. The molecule has 0 unspecified atom stereocenters. The molecule has 0 aliphatic rings. The zero-order valence-corrected chi connectivity index (χ0v) is 11.5. The van der Waals surface area contributed by atoms with Gasteiger partial charge in [0.2, 0.25) is 0 Å². The number of hydrogen-bond donors (Lipinski definition) is 1. The lowest BCUT2D eigenvalue weighted by Crippen LogP contribution is -1.98. The normalized spacial score (nSPS) is 10.7. The first-order chi connectivity index (χ1) is 7.65. The van der Waals surface area contributed by atoms with E-state index in [9.17, 15) is 0 Å². The van der Waals surface area contributed by atoms with Gasteiger partial charge in [-0.1, -0.05) is 18.2 Å². The summed E-state index contributed by atoms with van der Waals surface area (Å²) in [6.45, 7) is 4.93. The molecule has 0 spiro atoms. The number of aryl methyl sites for hydroxylation is 1. The molecule has 2 rings (SSSR count). The van der Waals surface area contributed by atoms with Gasteiger partial charge in [-0.05, 0) is 47.6 Å². The number of nitrogens with zero attached hydrogens (tertiary/aromatic N) is 2. The van der Waals surface area contributed by atoms with Gasteiger partial charge in [-0.15, -0.1) is 0 Å². The summed E-state index contributed by atoms with van der Waals surface area (Å²) in [7, 11) is 0. The van der Waals surface area contributed by atoms with Gasteiger partial charge in [0.1, 0.15) is 0 Å². The fourth-order valence-electron chi connectivity index (χ4n) is 1.64. The van der Waals surface area contributed by atoms with Crippen molar-refractivity contribution >= 4 is 28.1 Å². The van der Waals surface area contributed by atoms with E-state index in [-0.39, 0.29) is 0 Å². The van der Waals surface area contributed by atoms with E-state index in [0.717, 1.165) is 22.4 Å². The van der Waals surface area contributed by atoms with E-state index in [4.69, 9.17) is 12.2 Å². The van der Waals surface area contributed by atoms with E-state index in [1.165, 1.54) is 5.56 Å². The number of benzene rings is 1. The van der Waals surface area contributed by atoms with E-state index < -0.39 is 0 Å². The summed E-state index contributed by atoms with van der Waals surface area (Å²) in [4.78, 5) is 0. The topological polar surface area (TPSA) is 33.6 Å². The van der Waals surface area contributed by atoms with Crippen LogP contribution in [0.4, 0.5) is 0 Å². The van der Waals surface area contributed by atoms with Crippen molar-refractivity contribution in [1.29, 1.82) is 0 Å². The van der Waals surface area contributed by atoms with Gasteiger partial charge in [0.25, 0.3) is 0 Å². The van der Waals surface area contributed by atoms with Gasteiger partial charge < -0.3 is 4.57 Å². The van der Waals surface area contributed by atoms with Gasteiger partial charge in [0, 0.05) is 16.6 Å². The van der Waals surface area contributed by atoms with Gasteiger partial charge in [-0.2, -0.15) is 5.10 Å². The van der Waals surface area contributed by atoms with E-state index in [0.29, 0.717) is 4.77 Å². The van der Waals surface area contributed by atoms with Crippen LogP contribution in [0.2, 0.25) is 0 Å². The van der Waals surface area contributed by atoms with Crippen LogP contribution in [0, 0.1) is 11.7 Å². The third-order valence-corrected chi connectivity index (χ3v) is 3.87. The Morgan fingerprint density at radius 1 is 1.50 bits per heavy atom. The molecule has 84 valence electrons. The summed E-state index contributed by atoms with van der Waals surface area (Å²) < 4.78 is 3.71. The standard InChI is InChI=1S/C11H12BrN3S/c1-3-15-10(13-14-11(15)16)8-6-4-5-7(2)9(8)12/h4-6H,3H2,1-2H3,(H,14,16). The molecule has 0 amide bonds. The van der Waals surface area contributed by atoms with Gasteiger partial charge >= 0.3 is 0 Å². The van der Waals surface area contributed by atoms with Crippen molar-refractivity contribution in [3.8, 4) is 11.4 Å². The summed E-state index contributed by atoms with van der Waals surface area (Å²) in [5.74, 6) is 0.878. The van der Waals surface area contributed by atoms with Crippen LogP contribution in [0.25, 0.3) is 11.4 Å². The minimum atomic E-state index is 0.658. The Balaban J connectivity index is 2.68. The molecule has 0 fully saturated rings. The Morgan fingerprint density at radius 3 is 2.94 bits per heavy atom. The molecule has 16 heavy (non-hydrogen) atoms. The lowest BCUT2D eigenvalue weighted by atomic mass is 10.1. The molecular weight excluding hydrogens is 286 g/mol. The molecule has 0 bridgehead atoms. The first-order valence-corrected chi connectivity index (χ1v) is 6.26. The SMILES string of the molecule is CCn1c(-c2cccc(C)c2Br)n[nH]c1=S. The summed E-state index contributed by atoms with van der Waals surface area (Å²) in [5, 5.41) is 7.10. The molecule has 0 aliphatic heterocycles. The number of rotatable bonds is 2. The van der Waals surface area contributed by atoms with Crippen LogP contribution in [0.3, 0.4) is 0 Å². The molecule has 0 aliphatic carbocycles. The average molecular weight is 298 g/mol. The highest BCUT2D eigenvalue weighted by Gasteiger charge is 2.11. The van der Waals surface area contributed by atoms with Gasteiger partial charge in [0.05, 0.1) is 0 Å². The van der Waals surface area contributed by atoms with Crippen molar-refractivity contribution in [2.75, 3.05) is 0 Å². The zero-order chi connectivity index (χ0) is 11.7. The predicted molar refractivity (Wildman–Crippen MR) is 71.0 cm³/mol. The molecule has 1 heterocycles. The minimum absolute atomic E-state index is 0.658. The van der Waals surface area contributed by atoms with E-state index in [1.807, 2.05) is 16.7 Å². The molecule has 0 atom stereocenters. The maximum atomic E-state index is 5.18. The van der Waals surface area contributed by atoms with Crippen molar-refractivity contribution in [2.24, 2.45) is 0 Å². The van der Waals surface area contributed by atoms with Crippen LogP contribution in [-0.4, -0.2) is 14.8 Å². The van der Waals surface area contributed by atoms with Crippen molar-refractivity contribution in [3.63, 3.8) is 0 Å². The molecule has 2 aromatic rings. The third-order valence-electron chi connectivity index (χ3n) is 2.51. The molecule has 1 aromatic carbocycles. The smallest absolute Gasteiger partial charge is 0.195 e. The summed E-state index contributed by atoms with van der Waals surface area (Å²) in [5.41, 5.74) is 2.25. The van der Waals surface area contributed by atoms with Crippen molar-refractivity contribution in [3.05, 3.63) is 33.0 Å². The summed E-state index contributed by atoms with van der Waals surface area (Å²) >= 11 is 8.77. The van der Waals surface area contributed by atoms with Gasteiger partial charge in [-0.3, -0.25) is 5.10 Å². The van der Waals surface area contributed by atoms with Crippen molar-refractivity contribution in [1.82, 2.24) is 14.8 Å². The quantitative estimate of drug-likeness (QED) is 0.858. The van der Waals surface area contributed by atoms with Crippen LogP contribution in [0.15, 0.2) is 22.7 Å². The van der Waals surface area contributed by atoms with Crippen LogP contribution < -0.4 is 0 Å². The monoisotopic (exact) mass is 297 g/mol. The Morgan fingerprint density at radius 2 is 2.25 bits per heavy atom. The lowest BCUT2D eigenvalue weighted by Gasteiger charge is -2.07. The predicted octanol–water partition coefficient (Wildman–Crippen LogP) is 3.70. The first kappa shape index (κ1) is 11.5. The van der Waals surface area contributed by atoms with E-state index in [1.54, 1.807) is 0 Å². The zero-order valence-electron chi connectivity index (χ0n) is 9.12. The molecule has 0 saturated carbocycles. The largest absolute Gasteiger partial charge is 0.300 e. The molecule has 3 nitrogen and oxygen atoms in total. The lowest BCUT2D eigenvalue weighted by molar-refractivity contribution is 0.755. The number of H-pyrrole nitrogens is 1. The van der Waals surface area contributed by atoms with Crippen molar-refractivity contribution < 1.29 is 0 Å². The van der Waals surface area contributed by atoms with Crippen LogP contribution in [0.1, 0.15) is 12.5 Å². The Hall–Kier alpha value is -0.940. The van der Waals surface area contributed by atoms with Crippen LogP contribution >= 0.6 is 28.1 Å². The van der Waals surface area contributed by atoms with E-state index >= 15 is 0 Å². The maximum absolute atomic E-state index is 5.18. The van der Waals surface area contributed by atoms with Gasteiger partial charge in [-0.25, -0.2) is 0 Å². The molecule has 0 saturated heterocycles. The second-order valence-corrected chi connectivity index (χ2v) is 4.71. The third kappa shape index (κ3) is 1.85. The van der Waals surface area contributed by atoms with Crippen LogP contribution in [0.5, 0.6) is 0 Å². The van der Waals surface area contributed by atoms with E-state index in [2.05, 4.69) is 46.0 Å². The second-order valence-electron chi connectivity index (χ2n) is 3.53. The highest BCUT2D eigenvalue weighted by Crippen LogP contribution is 2.29. The first-order valence-electron chi connectivity index (χ1n) is 5.05. The number of aromatic amines is 1. The molecule has 5 heteroatoms. The highest BCUT2D eigenvalue weighted by atomic mass is 79.9. The summed E-state index contributed by atoms with van der Waals surface area (Å²) in [6.07, 6.45) is 0. The molecular formula is C11H12BrN3S. The number of nitrogens with one attached hydrogen (secondary N) is 1. The van der Waals surface area contributed by atoms with Crippen LogP contribution in [-0.2, 0) is 6.54 Å².